The van der Waals surface area contributed by atoms with Crippen LogP contribution in [-0.4, -0.2) is 25.9 Å². The van der Waals surface area contributed by atoms with Gasteiger partial charge >= 0.3 is 7.60 Å². The summed E-state index contributed by atoms with van der Waals surface area (Å²) in [6.07, 6.45) is -0.0648. The molecule has 0 bridgehead atoms. The molecule has 0 aromatic heterocycles. The molecular formula is C10H17N2O4P. The van der Waals surface area contributed by atoms with Gasteiger partial charge in [-0.15, -0.1) is 0 Å². The molecule has 0 unspecified atom stereocenters. The molecule has 1 fully saturated rings. The fourth-order valence-corrected chi connectivity index (χ4v) is 2.92. The molecule has 1 aliphatic heterocycles. The highest BCUT2D eigenvalue weighted by atomic mass is 31.2. The van der Waals surface area contributed by atoms with Gasteiger partial charge in [-0.25, -0.2) is 0 Å². The molecule has 1 saturated heterocycles. The number of hydrogen-bond donors (Lipinski definition) is 1. The summed E-state index contributed by atoms with van der Waals surface area (Å²) in [5.41, 5.74) is 0. The summed E-state index contributed by atoms with van der Waals surface area (Å²) in [7, 11) is -3.57. The van der Waals surface area contributed by atoms with Crippen molar-refractivity contribution in [2.45, 2.75) is 26.9 Å². The van der Waals surface area contributed by atoms with Gasteiger partial charge < -0.3 is 19.1 Å². The van der Waals surface area contributed by atoms with E-state index in [4.69, 9.17) is 19.0 Å². The quantitative estimate of drug-likeness (QED) is 0.601. The smallest absolute Gasteiger partial charge is 0.377 e. The van der Waals surface area contributed by atoms with E-state index >= 15 is 0 Å². The highest BCUT2D eigenvalue weighted by Crippen LogP contribution is 2.56. The third-order valence-corrected chi connectivity index (χ3v) is 4.11. The molecule has 0 aromatic rings. The molecule has 1 rings (SSSR count). The second kappa shape index (κ2) is 6.06. The van der Waals surface area contributed by atoms with Crippen molar-refractivity contribution in [3.05, 3.63) is 11.2 Å². The van der Waals surface area contributed by atoms with E-state index in [1.165, 1.54) is 0 Å². The van der Waals surface area contributed by atoms with E-state index in [9.17, 15) is 4.57 Å². The zero-order chi connectivity index (χ0) is 12.9. The molecule has 1 N–H and O–H groups in total. The molecule has 0 aromatic carbocycles. The van der Waals surface area contributed by atoms with Crippen molar-refractivity contribution >= 4 is 7.60 Å². The first-order valence-corrected chi connectivity index (χ1v) is 7.06. The Balaban J connectivity index is 3.06. The van der Waals surface area contributed by atoms with Crippen LogP contribution in [0.4, 0.5) is 0 Å². The molecule has 0 aliphatic carbocycles. The number of allylic oxidation sites excluding steroid dienone is 1. The van der Waals surface area contributed by atoms with Gasteiger partial charge in [-0.05, 0) is 20.8 Å². The molecule has 1 heterocycles. The fourth-order valence-electron chi connectivity index (χ4n) is 1.40. The normalized spacial score (nSPS) is 22.6. The number of nitrogens with zero attached hydrogens (tertiary/aromatic N) is 1. The fraction of sp³-hybridized carbons (Fsp3) is 0.700. The maximum atomic E-state index is 12.4. The lowest BCUT2D eigenvalue weighted by Gasteiger charge is -2.17. The van der Waals surface area contributed by atoms with E-state index in [1.807, 2.05) is 13.0 Å². The lowest BCUT2D eigenvalue weighted by atomic mass is 10.4. The van der Waals surface area contributed by atoms with Gasteiger partial charge in [-0.3, -0.25) is 4.57 Å². The highest BCUT2D eigenvalue weighted by Gasteiger charge is 2.36. The number of ether oxygens (including phenoxy) is 1. The average Bonchev–Trinajstić information content (AvgIpc) is 2.66. The largest absolute Gasteiger partial charge is 0.473 e. The Bertz CT molecular complexity index is 378. The lowest BCUT2D eigenvalue weighted by Crippen LogP contribution is -2.11. The molecular weight excluding hydrogens is 243 g/mol. The van der Waals surface area contributed by atoms with Gasteiger partial charge in [0.2, 0.25) is 11.2 Å². The zero-order valence-electron chi connectivity index (χ0n) is 10.2. The SMILES string of the molecule is CCOP(=O)(OCC)/C(C#N)=C1/NC[C@@H](C)O1. The van der Waals surface area contributed by atoms with Crippen molar-refractivity contribution in [1.29, 1.82) is 5.26 Å². The third kappa shape index (κ3) is 3.22. The Hall–Kier alpha value is -1.02. The average molecular weight is 260 g/mol. The monoisotopic (exact) mass is 260 g/mol. The number of hydrogen-bond acceptors (Lipinski definition) is 6. The molecule has 0 saturated carbocycles. The zero-order valence-corrected chi connectivity index (χ0v) is 11.1. The van der Waals surface area contributed by atoms with Crippen molar-refractivity contribution in [2.24, 2.45) is 0 Å². The Morgan fingerprint density at radius 2 is 2.18 bits per heavy atom. The van der Waals surface area contributed by atoms with E-state index in [0.29, 0.717) is 6.54 Å². The summed E-state index contributed by atoms with van der Waals surface area (Å²) >= 11 is 0. The van der Waals surface area contributed by atoms with Gasteiger partial charge in [0.05, 0.1) is 19.8 Å². The summed E-state index contributed by atoms with van der Waals surface area (Å²) in [6, 6.07) is 1.85. The van der Waals surface area contributed by atoms with Crippen LogP contribution in [0.1, 0.15) is 20.8 Å². The molecule has 7 heteroatoms. The van der Waals surface area contributed by atoms with Crippen LogP contribution in [0.3, 0.4) is 0 Å². The van der Waals surface area contributed by atoms with Crippen LogP contribution in [0.5, 0.6) is 0 Å². The first-order chi connectivity index (χ1) is 8.07. The maximum Gasteiger partial charge on any atom is 0.377 e. The van der Waals surface area contributed by atoms with Crippen molar-refractivity contribution in [3.63, 3.8) is 0 Å². The van der Waals surface area contributed by atoms with E-state index in [0.717, 1.165) is 0 Å². The topological polar surface area (TPSA) is 80.6 Å². The van der Waals surface area contributed by atoms with E-state index in [2.05, 4.69) is 5.32 Å². The standard InChI is InChI=1S/C10H17N2O4P/c1-4-14-17(13,15-5-2)9(6-11)10-12-7-8(3)16-10/h8,12H,4-5,7H2,1-3H3/b10-9-/t8-/m1/s1. The summed E-state index contributed by atoms with van der Waals surface area (Å²) in [5, 5.41) is 11.9. The molecule has 0 amide bonds. The maximum absolute atomic E-state index is 12.4. The van der Waals surface area contributed by atoms with Crippen molar-refractivity contribution in [2.75, 3.05) is 19.8 Å². The predicted octanol–water partition coefficient (Wildman–Crippen LogP) is 1.95. The summed E-state index contributed by atoms with van der Waals surface area (Å²) in [5.74, 6) is 0.199. The summed E-state index contributed by atoms with van der Waals surface area (Å²) in [6.45, 7) is 6.20. The third-order valence-electron chi connectivity index (χ3n) is 2.06. The molecule has 0 spiro atoms. The second-order valence-corrected chi connectivity index (χ2v) is 5.39. The van der Waals surface area contributed by atoms with Gasteiger partial charge in [-0.2, -0.15) is 5.26 Å². The molecule has 96 valence electrons. The van der Waals surface area contributed by atoms with Crippen molar-refractivity contribution < 1.29 is 18.3 Å². The second-order valence-electron chi connectivity index (χ2n) is 3.43. The van der Waals surface area contributed by atoms with E-state index in [1.54, 1.807) is 13.8 Å². The predicted molar refractivity (Wildman–Crippen MR) is 62.0 cm³/mol. The minimum atomic E-state index is -3.57. The Morgan fingerprint density at radius 3 is 2.53 bits per heavy atom. The van der Waals surface area contributed by atoms with Gasteiger partial charge in [0.1, 0.15) is 12.2 Å². The molecule has 1 atom stereocenters. The van der Waals surface area contributed by atoms with Crippen LogP contribution >= 0.6 is 7.60 Å². The van der Waals surface area contributed by atoms with Crippen LogP contribution in [-0.2, 0) is 18.3 Å². The minimum absolute atomic E-state index is 0.0648. The van der Waals surface area contributed by atoms with Crippen molar-refractivity contribution in [3.8, 4) is 6.07 Å². The van der Waals surface area contributed by atoms with Gasteiger partial charge in [-0.1, -0.05) is 0 Å². The highest BCUT2D eigenvalue weighted by molar-refractivity contribution is 7.58. The Labute approximate surface area is 101 Å². The lowest BCUT2D eigenvalue weighted by molar-refractivity contribution is 0.180. The minimum Gasteiger partial charge on any atom is -0.473 e. The summed E-state index contributed by atoms with van der Waals surface area (Å²) < 4.78 is 28.0. The van der Waals surface area contributed by atoms with Crippen LogP contribution in [0, 0.1) is 11.3 Å². The van der Waals surface area contributed by atoms with Gasteiger partial charge in [0.15, 0.2) is 0 Å². The molecule has 0 radical (unpaired) electrons. The number of nitrogens with one attached hydrogen (secondary N) is 1. The van der Waals surface area contributed by atoms with E-state index in [-0.39, 0.29) is 30.5 Å². The molecule has 6 nitrogen and oxygen atoms in total. The van der Waals surface area contributed by atoms with Crippen LogP contribution in [0.25, 0.3) is 0 Å². The molecule has 1 aliphatic rings. The first-order valence-electron chi connectivity index (χ1n) is 5.52. The number of nitriles is 1. The first kappa shape index (κ1) is 14.0. The Kier molecular flexibility index (Phi) is 5.01. The van der Waals surface area contributed by atoms with Gasteiger partial charge in [0, 0.05) is 0 Å². The van der Waals surface area contributed by atoms with Crippen molar-refractivity contribution in [1.82, 2.24) is 5.32 Å². The van der Waals surface area contributed by atoms with Gasteiger partial charge in [0.25, 0.3) is 0 Å². The van der Waals surface area contributed by atoms with Crippen LogP contribution < -0.4 is 5.32 Å². The molecule has 17 heavy (non-hydrogen) atoms. The van der Waals surface area contributed by atoms with E-state index < -0.39 is 7.60 Å². The Morgan fingerprint density at radius 1 is 1.59 bits per heavy atom. The number of rotatable bonds is 5. The van der Waals surface area contributed by atoms with Crippen LogP contribution in [0.2, 0.25) is 0 Å². The summed E-state index contributed by atoms with van der Waals surface area (Å²) in [4.78, 5) is 0. The van der Waals surface area contributed by atoms with Crippen LogP contribution in [0.15, 0.2) is 11.2 Å².